The molecule has 1 aromatic carbocycles. The van der Waals surface area contributed by atoms with Gasteiger partial charge in [0.05, 0.1) is 6.61 Å². The number of carbonyl (C=O) groups is 1. The molecule has 1 aliphatic heterocycles. The smallest absolute Gasteiger partial charge is 0.223 e. The number of nitrogens with zero attached hydrogens (tertiary/aromatic N) is 1. The predicted octanol–water partition coefficient (Wildman–Crippen LogP) is 2.05. The number of carbonyl (C=O) groups excluding carboxylic acids is 1. The molecule has 1 aliphatic rings. The Hall–Kier alpha value is -1.55. The molecule has 4 nitrogen and oxygen atoms in total. The van der Waals surface area contributed by atoms with E-state index in [0.29, 0.717) is 19.1 Å². The van der Waals surface area contributed by atoms with Gasteiger partial charge in [-0.15, -0.1) is 0 Å². The highest BCUT2D eigenvalue weighted by atomic mass is 16.5. The Labute approximate surface area is 121 Å². The largest absolute Gasteiger partial charge is 0.494 e. The molecule has 0 saturated carbocycles. The fourth-order valence-electron chi connectivity index (χ4n) is 2.48. The molecule has 110 valence electrons. The lowest BCUT2D eigenvalue weighted by molar-refractivity contribution is -0.135. The minimum absolute atomic E-state index is 0.238. The molecule has 2 atom stereocenters. The maximum absolute atomic E-state index is 12.2. The van der Waals surface area contributed by atoms with Crippen LogP contribution in [0.5, 0.6) is 5.75 Å². The van der Waals surface area contributed by atoms with E-state index in [1.807, 2.05) is 35.2 Å². The number of hydrogen-bond acceptors (Lipinski definition) is 3. The van der Waals surface area contributed by atoms with Gasteiger partial charge in [0, 0.05) is 31.6 Å². The first-order valence-electron chi connectivity index (χ1n) is 7.39. The first-order chi connectivity index (χ1) is 9.68. The zero-order valence-electron chi connectivity index (χ0n) is 12.3. The highest BCUT2D eigenvalue weighted by Gasteiger charge is 2.27. The van der Waals surface area contributed by atoms with Gasteiger partial charge in [-0.1, -0.05) is 18.2 Å². The molecule has 1 aromatic rings. The van der Waals surface area contributed by atoms with Gasteiger partial charge in [0.15, 0.2) is 0 Å². The summed E-state index contributed by atoms with van der Waals surface area (Å²) >= 11 is 0. The number of benzene rings is 1. The lowest BCUT2D eigenvalue weighted by Crippen LogP contribution is -2.57. The van der Waals surface area contributed by atoms with Crippen molar-refractivity contribution in [2.24, 2.45) is 0 Å². The van der Waals surface area contributed by atoms with Gasteiger partial charge in [0.1, 0.15) is 5.75 Å². The molecule has 0 spiro atoms. The fraction of sp³-hybridized carbons (Fsp3) is 0.562. The van der Waals surface area contributed by atoms with E-state index < -0.39 is 0 Å². The summed E-state index contributed by atoms with van der Waals surface area (Å²) < 4.78 is 5.61. The zero-order chi connectivity index (χ0) is 14.4. The number of piperazine rings is 1. The molecule has 0 bridgehead atoms. The third kappa shape index (κ3) is 3.97. The van der Waals surface area contributed by atoms with Crippen molar-refractivity contribution in [1.29, 1.82) is 0 Å². The van der Waals surface area contributed by atoms with Crippen LogP contribution in [-0.4, -0.2) is 42.6 Å². The van der Waals surface area contributed by atoms with Crippen LogP contribution >= 0.6 is 0 Å². The van der Waals surface area contributed by atoms with Gasteiger partial charge in [-0.25, -0.2) is 0 Å². The average Bonchev–Trinajstić information content (AvgIpc) is 2.47. The Morgan fingerprint density at radius 2 is 2.10 bits per heavy atom. The molecule has 0 radical (unpaired) electrons. The molecule has 2 unspecified atom stereocenters. The van der Waals surface area contributed by atoms with Gasteiger partial charge >= 0.3 is 0 Å². The van der Waals surface area contributed by atoms with Gasteiger partial charge in [-0.3, -0.25) is 4.79 Å². The molecule has 20 heavy (non-hydrogen) atoms. The molecule has 2 rings (SSSR count). The van der Waals surface area contributed by atoms with Crippen LogP contribution in [0.3, 0.4) is 0 Å². The number of ether oxygens (including phenoxy) is 1. The molecular formula is C16H24N2O2. The third-order valence-electron chi connectivity index (χ3n) is 3.90. The van der Waals surface area contributed by atoms with Gasteiger partial charge in [0.2, 0.25) is 5.91 Å². The van der Waals surface area contributed by atoms with Crippen molar-refractivity contribution in [1.82, 2.24) is 10.2 Å². The topological polar surface area (TPSA) is 41.6 Å². The van der Waals surface area contributed by atoms with Gasteiger partial charge < -0.3 is 15.0 Å². The zero-order valence-corrected chi connectivity index (χ0v) is 12.3. The summed E-state index contributed by atoms with van der Waals surface area (Å²) in [6.45, 7) is 6.52. The second-order valence-corrected chi connectivity index (χ2v) is 5.34. The SMILES string of the molecule is CC1NCCN(C(=O)CCCOc2ccccc2)C1C. The van der Waals surface area contributed by atoms with E-state index in [0.717, 1.165) is 25.3 Å². The van der Waals surface area contributed by atoms with Gasteiger partial charge in [0.25, 0.3) is 0 Å². The lowest BCUT2D eigenvalue weighted by atomic mass is 10.1. The van der Waals surface area contributed by atoms with Gasteiger partial charge in [-0.2, -0.15) is 0 Å². The first kappa shape index (κ1) is 14.9. The Kier molecular flexibility index (Phi) is 5.41. The van der Waals surface area contributed by atoms with E-state index in [2.05, 4.69) is 19.2 Å². The molecule has 0 aromatic heterocycles. The van der Waals surface area contributed by atoms with Crippen molar-refractivity contribution >= 4 is 5.91 Å². The van der Waals surface area contributed by atoms with Crippen molar-refractivity contribution in [3.05, 3.63) is 30.3 Å². The van der Waals surface area contributed by atoms with Crippen LogP contribution in [0.1, 0.15) is 26.7 Å². The van der Waals surface area contributed by atoms with E-state index >= 15 is 0 Å². The van der Waals surface area contributed by atoms with Crippen molar-refractivity contribution in [3.8, 4) is 5.75 Å². The highest BCUT2D eigenvalue weighted by molar-refractivity contribution is 5.76. The second-order valence-electron chi connectivity index (χ2n) is 5.34. The number of nitrogens with one attached hydrogen (secondary N) is 1. The van der Waals surface area contributed by atoms with Crippen molar-refractivity contribution in [3.63, 3.8) is 0 Å². The number of para-hydroxylation sites is 1. The van der Waals surface area contributed by atoms with Crippen molar-refractivity contribution in [2.45, 2.75) is 38.8 Å². The van der Waals surface area contributed by atoms with E-state index in [-0.39, 0.29) is 11.9 Å². The van der Waals surface area contributed by atoms with Crippen LogP contribution in [0.2, 0.25) is 0 Å². The number of amides is 1. The van der Waals surface area contributed by atoms with Crippen LogP contribution in [-0.2, 0) is 4.79 Å². The molecule has 1 amide bonds. The molecule has 1 fully saturated rings. The Morgan fingerprint density at radius 3 is 2.85 bits per heavy atom. The molecule has 1 N–H and O–H groups in total. The Balaban J connectivity index is 1.70. The molecule has 0 aliphatic carbocycles. The van der Waals surface area contributed by atoms with Crippen LogP contribution < -0.4 is 10.1 Å². The summed E-state index contributed by atoms with van der Waals surface area (Å²) in [5.41, 5.74) is 0. The minimum atomic E-state index is 0.238. The molecular weight excluding hydrogens is 252 g/mol. The van der Waals surface area contributed by atoms with E-state index in [4.69, 9.17) is 4.74 Å². The van der Waals surface area contributed by atoms with Gasteiger partial charge in [-0.05, 0) is 32.4 Å². The first-order valence-corrected chi connectivity index (χ1v) is 7.39. The number of hydrogen-bond donors (Lipinski definition) is 1. The maximum Gasteiger partial charge on any atom is 0.223 e. The maximum atomic E-state index is 12.2. The summed E-state index contributed by atoms with van der Waals surface area (Å²) in [5.74, 6) is 1.10. The summed E-state index contributed by atoms with van der Waals surface area (Å²) in [6, 6.07) is 10.4. The normalized spacial score (nSPS) is 22.6. The van der Waals surface area contributed by atoms with Crippen LogP contribution in [0.15, 0.2) is 30.3 Å². The third-order valence-corrected chi connectivity index (χ3v) is 3.90. The summed E-state index contributed by atoms with van der Waals surface area (Å²) in [5, 5.41) is 3.39. The van der Waals surface area contributed by atoms with Crippen molar-refractivity contribution in [2.75, 3.05) is 19.7 Å². The number of rotatable bonds is 5. The molecule has 1 saturated heterocycles. The lowest BCUT2D eigenvalue weighted by Gasteiger charge is -2.38. The van der Waals surface area contributed by atoms with Crippen LogP contribution in [0.4, 0.5) is 0 Å². The van der Waals surface area contributed by atoms with E-state index in [1.54, 1.807) is 0 Å². The predicted molar refractivity (Wildman–Crippen MR) is 79.8 cm³/mol. The van der Waals surface area contributed by atoms with Crippen LogP contribution in [0.25, 0.3) is 0 Å². The minimum Gasteiger partial charge on any atom is -0.494 e. The Bertz CT molecular complexity index is 422. The van der Waals surface area contributed by atoms with Crippen molar-refractivity contribution < 1.29 is 9.53 Å². The van der Waals surface area contributed by atoms with E-state index in [1.165, 1.54) is 0 Å². The molecule has 4 heteroatoms. The standard InChI is InChI=1S/C16H24N2O2/c1-13-14(2)18(11-10-17-13)16(19)9-6-12-20-15-7-4-3-5-8-15/h3-5,7-8,13-14,17H,6,9-12H2,1-2H3. The molecule has 1 heterocycles. The second kappa shape index (κ2) is 7.29. The summed E-state index contributed by atoms with van der Waals surface area (Å²) in [7, 11) is 0. The highest BCUT2D eigenvalue weighted by Crippen LogP contribution is 2.12. The van der Waals surface area contributed by atoms with Crippen LogP contribution in [0, 0.1) is 0 Å². The summed E-state index contributed by atoms with van der Waals surface area (Å²) in [6.07, 6.45) is 1.32. The Morgan fingerprint density at radius 1 is 1.35 bits per heavy atom. The average molecular weight is 276 g/mol. The quantitative estimate of drug-likeness (QED) is 0.837. The monoisotopic (exact) mass is 276 g/mol. The van der Waals surface area contributed by atoms with E-state index in [9.17, 15) is 4.79 Å². The summed E-state index contributed by atoms with van der Waals surface area (Å²) in [4.78, 5) is 14.2. The fourth-order valence-corrected chi connectivity index (χ4v) is 2.48.